The third-order valence-corrected chi connectivity index (χ3v) is 6.20. The molecule has 1 heterocycles. The van der Waals surface area contributed by atoms with E-state index in [1.807, 2.05) is 30.3 Å². The summed E-state index contributed by atoms with van der Waals surface area (Å²) in [6, 6.07) is 15.3. The van der Waals surface area contributed by atoms with Crippen LogP contribution in [0.4, 0.5) is 0 Å². The number of aryl methyl sites for hydroxylation is 2. The lowest BCUT2D eigenvalue weighted by Crippen LogP contribution is -2.13. The smallest absolute Gasteiger partial charge is 0.303 e. The number of ketones is 1. The van der Waals surface area contributed by atoms with Crippen molar-refractivity contribution in [2.24, 2.45) is 5.92 Å². The number of carbonyl (C=O) groups excluding carboxylic acids is 1. The number of rotatable bonds is 12. The Morgan fingerprint density at radius 1 is 0.909 bits per heavy atom. The fourth-order valence-corrected chi connectivity index (χ4v) is 4.48. The molecule has 1 atom stereocenters. The van der Waals surface area contributed by atoms with Gasteiger partial charge >= 0.3 is 5.97 Å². The maximum atomic E-state index is 13.0. The summed E-state index contributed by atoms with van der Waals surface area (Å²) in [5, 5.41) is 11.2. The van der Waals surface area contributed by atoms with Crippen molar-refractivity contribution in [1.29, 1.82) is 0 Å². The van der Waals surface area contributed by atoms with E-state index in [0.717, 1.165) is 53.7 Å². The minimum Gasteiger partial charge on any atom is -0.481 e. The topological polar surface area (TPSA) is 67.3 Å². The Balaban J connectivity index is 1.64. The summed E-state index contributed by atoms with van der Waals surface area (Å²) in [5.41, 5.74) is 3.43. The van der Waals surface area contributed by atoms with E-state index in [-0.39, 0.29) is 24.5 Å². The van der Waals surface area contributed by atoms with E-state index in [0.29, 0.717) is 17.0 Å². The number of hydrogen-bond acceptors (Lipinski definition) is 3. The summed E-state index contributed by atoms with van der Waals surface area (Å²) in [6.45, 7) is 1.79. The molecule has 3 rings (SSSR count). The van der Waals surface area contributed by atoms with Crippen molar-refractivity contribution in [3.63, 3.8) is 0 Å². The molecule has 0 amide bonds. The number of carbonyl (C=O) groups is 2. The van der Waals surface area contributed by atoms with Crippen molar-refractivity contribution in [2.75, 3.05) is 0 Å². The molecule has 4 nitrogen and oxygen atoms in total. The van der Waals surface area contributed by atoms with Gasteiger partial charge in [-0.2, -0.15) is 0 Å². The van der Waals surface area contributed by atoms with E-state index in [1.54, 1.807) is 19.1 Å². The van der Waals surface area contributed by atoms with Crippen LogP contribution in [0.3, 0.4) is 0 Å². The fourth-order valence-electron chi connectivity index (χ4n) is 4.08. The van der Waals surface area contributed by atoms with E-state index in [1.165, 1.54) is 5.56 Å². The molecule has 2 aromatic carbocycles. The van der Waals surface area contributed by atoms with E-state index < -0.39 is 5.97 Å². The van der Waals surface area contributed by atoms with Gasteiger partial charge in [-0.05, 0) is 73.6 Å². The molecule has 0 aliphatic heterocycles. The number of benzene rings is 2. The molecule has 3 aromatic rings. The average molecular weight is 486 g/mol. The summed E-state index contributed by atoms with van der Waals surface area (Å²) in [5.74, 6) is -1.19. The standard InChI is InChI=1S/C27H29Cl2NO3/c1-18(14-27(32)33)13-26(31)23-17-20-16-22(29)11-12-24(20)30-25(23)10-5-3-2-4-7-19-8-6-9-21(28)15-19/h6,8-9,11-12,15-18H,2-5,7,10,13-14H2,1H3,(H,32,33)/t18-/m0/s1. The molecule has 0 aliphatic rings. The maximum absolute atomic E-state index is 13.0. The predicted octanol–water partition coefficient (Wildman–Crippen LogP) is 7.57. The Bertz CT molecular complexity index is 1130. The van der Waals surface area contributed by atoms with E-state index in [9.17, 15) is 9.59 Å². The summed E-state index contributed by atoms with van der Waals surface area (Å²) >= 11 is 12.2. The van der Waals surface area contributed by atoms with Gasteiger partial charge in [0.25, 0.3) is 0 Å². The number of hydrogen-bond donors (Lipinski definition) is 1. The number of Topliss-reactive ketones (excluding diaryl/α,β-unsaturated/α-hetero) is 1. The monoisotopic (exact) mass is 485 g/mol. The van der Waals surface area contributed by atoms with E-state index >= 15 is 0 Å². The Kier molecular flexibility index (Phi) is 9.28. The quantitative estimate of drug-likeness (QED) is 0.212. The minimum absolute atomic E-state index is 0.0272. The molecule has 1 N–H and O–H groups in total. The number of aliphatic carboxylic acids is 1. The number of nitrogens with zero attached hydrogens (tertiary/aromatic N) is 1. The molecule has 0 fully saturated rings. The lowest BCUT2D eigenvalue weighted by atomic mass is 9.94. The van der Waals surface area contributed by atoms with Gasteiger partial charge in [0.1, 0.15) is 0 Å². The molecule has 6 heteroatoms. The molecule has 1 aromatic heterocycles. The van der Waals surface area contributed by atoms with Crippen molar-refractivity contribution in [1.82, 2.24) is 4.98 Å². The summed E-state index contributed by atoms with van der Waals surface area (Å²) in [7, 11) is 0. The summed E-state index contributed by atoms with van der Waals surface area (Å²) in [4.78, 5) is 28.8. The number of carboxylic acid groups (broad SMARTS) is 1. The largest absolute Gasteiger partial charge is 0.481 e. The van der Waals surface area contributed by atoms with Crippen LogP contribution in [0.15, 0.2) is 48.5 Å². The molecule has 0 spiro atoms. The van der Waals surface area contributed by atoms with Gasteiger partial charge in [0.15, 0.2) is 5.78 Å². The summed E-state index contributed by atoms with van der Waals surface area (Å²) < 4.78 is 0. The van der Waals surface area contributed by atoms with Gasteiger partial charge in [-0.3, -0.25) is 14.6 Å². The van der Waals surface area contributed by atoms with Crippen LogP contribution in [0.2, 0.25) is 10.0 Å². The van der Waals surface area contributed by atoms with Gasteiger partial charge in [0.2, 0.25) is 0 Å². The van der Waals surface area contributed by atoms with Gasteiger partial charge in [-0.15, -0.1) is 0 Å². The second-order valence-electron chi connectivity index (χ2n) is 8.69. The van der Waals surface area contributed by atoms with Crippen molar-refractivity contribution < 1.29 is 14.7 Å². The molecule has 33 heavy (non-hydrogen) atoms. The second kappa shape index (κ2) is 12.2. The first-order chi connectivity index (χ1) is 15.8. The Hall–Kier alpha value is -2.43. The normalized spacial score (nSPS) is 12.1. The van der Waals surface area contributed by atoms with Gasteiger partial charge < -0.3 is 5.11 Å². The van der Waals surface area contributed by atoms with E-state index in [2.05, 4.69) is 6.07 Å². The zero-order valence-electron chi connectivity index (χ0n) is 18.8. The lowest BCUT2D eigenvalue weighted by Gasteiger charge is -2.13. The first-order valence-electron chi connectivity index (χ1n) is 11.4. The van der Waals surface area contributed by atoms with Gasteiger partial charge in [0.05, 0.1) is 11.2 Å². The van der Waals surface area contributed by atoms with E-state index in [4.69, 9.17) is 33.3 Å². The number of unbranched alkanes of at least 4 members (excludes halogenated alkanes) is 3. The Morgan fingerprint density at radius 3 is 2.36 bits per heavy atom. The predicted molar refractivity (Wildman–Crippen MR) is 134 cm³/mol. The maximum Gasteiger partial charge on any atom is 0.303 e. The molecular formula is C27H29Cl2NO3. The molecule has 0 saturated carbocycles. The van der Waals surface area contributed by atoms with Gasteiger partial charge in [-0.25, -0.2) is 0 Å². The molecule has 0 radical (unpaired) electrons. The first kappa shape index (κ1) is 25.2. The second-order valence-corrected chi connectivity index (χ2v) is 9.57. The zero-order valence-corrected chi connectivity index (χ0v) is 20.3. The zero-order chi connectivity index (χ0) is 23.8. The third kappa shape index (κ3) is 7.83. The highest BCUT2D eigenvalue weighted by molar-refractivity contribution is 6.31. The SMILES string of the molecule is C[C@H](CC(=O)O)CC(=O)c1cc2cc(Cl)ccc2nc1CCCCCCc1cccc(Cl)c1. The van der Waals surface area contributed by atoms with Crippen molar-refractivity contribution in [2.45, 2.75) is 58.3 Å². The third-order valence-electron chi connectivity index (χ3n) is 5.73. The molecule has 0 bridgehead atoms. The highest BCUT2D eigenvalue weighted by atomic mass is 35.5. The van der Waals surface area contributed by atoms with Crippen LogP contribution in [-0.2, 0) is 17.6 Å². The van der Waals surface area contributed by atoms with Crippen molar-refractivity contribution in [3.8, 4) is 0 Å². The van der Waals surface area contributed by atoms with Crippen LogP contribution in [-0.4, -0.2) is 21.8 Å². The molecule has 0 aliphatic carbocycles. The average Bonchev–Trinajstić information content (AvgIpc) is 2.75. The first-order valence-corrected chi connectivity index (χ1v) is 12.2. The highest BCUT2D eigenvalue weighted by Gasteiger charge is 2.18. The Morgan fingerprint density at radius 2 is 1.64 bits per heavy atom. The fraction of sp³-hybridized carbons (Fsp3) is 0.370. The van der Waals surface area contributed by atoms with Crippen LogP contribution >= 0.6 is 23.2 Å². The number of fused-ring (bicyclic) bond motifs is 1. The van der Waals surface area contributed by atoms with Crippen molar-refractivity contribution in [3.05, 3.63) is 75.4 Å². The van der Waals surface area contributed by atoms with Crippen LogP contribution in [0.5, 0.6) is 0 Å². The van der Waals surface area contributed by atoms with Crippen LogP contribution in [0.25, 0.3) is 10.9 Å². The van der Waals surface area contributed by atoms with Crippen LogP contribution in [0.1, 0.15) is 67.1 Å². The molecule has 0 unspecified atom stereocenters. The minimum atomic E-state index is -0.892. The lowest BCUT2D eigenvalue weighted by molar-refractivity contribution is -0.137. The number of pyridine rings is 1. The van der Waals surface area contributed by atoms with Crippen LogP contribution < -0.4 is 0 Å². The molecular weight excluding hydrogens is 457 g/mol. The number of carboxylic acids is 1. The van der Waals surface area contributed by atoms with Gasteiger partial charge in [-0.1, -0.05) is 55.1 Å². The van der Waals surface area contributed by atoms with Gasteiger partial charge in [0, 0.05) is 33.8 Å². The Labute approximate surface area is 204 Å². The van der Waals surface area contributed by atoms with Crippen molar-refractivity contribution >= 4 is 45.9 Å². The summed E-state index contributed by atoms with van der Waals surface area (Å²) in [6.07, 6.45) is 6.03. The molecule has 174 valence electrons. The number of aromatic nitrogens is 1. The van der Waals surface area contributed by atoms with Crippen LogP contribution in [0, 0.1) is 5.92 Å². The molecule has 0 saturated heterocycles. The number of halogens is 2. The highest BCUT2D eigenvalue weighted by Crippen LogP contribution is 2.25.